The van der Waals surface area contributed by atoms with Crippen molar-refractivity contribution in [1.82, 2.24) is 14.5 Å². The second kappa shape index (κ2) is 6.70. The van der Waals surface area contributed by atoms with E-state index in [0.29, 0.717) is 0 Å². The average Bonchev–Trinajstić information content (AvgIpc) is 3.08. The molecule has 4 heteroatoms. The maximum Gasteiger partial charge on any atom is 0.137 e. The molecule has 0 spiro atoms. The van der Waals surface area contributed by atoms with Gasteiger partial charge < -0.3 is 5.32 Å². The van der Waals surface area contributed by atoms with E-state index < -0.39 is 0 Å². The predicted octanol–water partition coefficient (Wildman–Crippen LogP) is 3.31. The van der Waals surface area contributed by atoms with Crippen LogP contribution in [0.25, 0.3) is 5.82 Å². The van der Waals surface area contributed by atoms with E-state index in [0.717, 1.165) is 30.9 Å². The Morgan fingerprint density at radius 2 is 1.95 bits per heavy atom. The molecule has 1 aromatic carbocycles. The summed E-state index contributed by atoms with van der Waals surface area (Å²) in [5.41, 5.74) is 2.43. The molecular weight excluding hydrogens is 260 g/mol. The van der Waals surface area contributed by atoms with Gasteiger partial charge in [0.25, 0.3) is 0 Å². The van der Waals surface area contributed by atoms with E-state index in [4.69, 9.17) is 0 Å². The third-order valence-corrected chi connectivity index (χ3v) is 3.33. The summed E-state index contributed by atoms with van der Waals surface area (Å²) < 4.78 is 1.89. The number of aryl methyl sites for hydroxylation is 1. The number of hydrogen-bond donors (Lipinski definition) is 1. The zero-order valence-corrected chi connectivity index (χ0v) is 11.8. The third-order valence-electron chi connectivity index (χ3n) is 3.33. The highest BCUT2D eigenvalue weighted by Crippen LogP contribution is 2.10. The van der Waals surface area contributed by atoms with Gasteiger partial charge in [-0.2, -0.15) is 0 Å². The minimum Gasteiger partial charge on any atom is -0.384 e. The van der Waals surface area contributed by atoms with Crippen LogP contribution >= 0.6 is 0 Å². The van der Waals surface area contributed by atoms with Crippen LogP contribution in [0.1, 0.15) is 12.0 Å². The Labute approximate surface area is 124 Å². The standard InChI is InChI=1S/C17H18N4/c1-2-5-15(6-3-1)7-4-10-19-16-8-9-17(20-13-16)21-12-11-18-14-21/h1-3,5-6,8-9,11-14,19H,4,7,10H2. The molecule has 3 aromatic rings. The van der Waals surface area contributed by atoms with Gasteiger partial charge in [0.15, 0.2) is 0 Å². The fraction of sp³-hybridized carbons (Fsp3) is 0.176. The zero-order chi connectivity index (χ0) is 14.3. The maximum atomic E-state index is 4.42. The molecule has 0 fully saturated rings. The van der Waals surface area contributed by atoms with Gasteiger partial charge in [-0.05, 0) is 30.5 Å². The Balaban J connectivity index is 1.47. The number of nitrogens with zero attached hydrogens (tertiary/aromatic N) is 3. The summed E-state index contributed by atoms with van der Waals surface area (Å²) in [6.45, 7) is 0.945. The monoisotopic (exact) mass is 278 g/mol. The van der Waals surface area contributed by atoms with Crippen LogP contribution in [0.3, 0.4) is 0 Å². The van der Waals surface area contributed by atoms with Crippen LogP contribution in [0.5, 0.6) is 0 Å². The van der Waals surface area contributed by atoms with Crippen molar-refractivity contribution < 1.29 is 0 Å². The lowest BCUT2D eigenvalue weighted by Crippen LogP contribution is -2.04. The molecule has 0 atom stereocenters. The first-order valence-electron chi connectivity index (χ1n) is 7.14. The molecule has 0 bridgehead atoms. The van der Waals surface area contributed by atoms with Crippen molar-refractivity contribution in [2.75, 3.05) is 11.9 Å². The van der Waals surface area contributed by atoms with Gasteiger partial charge in [0.2, 0.25) is 0 Å². The first-order valence-corrected chi connectivity index (χ1v) is 7.14. The Hall–Kier alpha value is -2.62. The van der Waals surface area contributed by atoms with Crippen molar-refractivity contribution in [1.29, 1.82) is 0 Å². The van der Waals surface area contributed by atoms with Gasteiger partial charge in [-0.3, -0.25) is 4.57 Å². The molecule has 0 saturated carbocycles. The summed E-state index contributed by atoms with van der Waals surface area (Å²) in [6.07, 6.45) is 9.43. The molecule has 2 aromatic heterocycles. The Bertz CT molecular complexity index is 645. The highest BCUT2D eigenvalue weighted by molar-refractivity contribution is 5.43. The lowest BCUT2D eigenvalue weighted by Gasteiger charge is -2.07. The van der Waals surface area contributed by atoms with Crippen LogP contribution in [-0.2, 0) is 6.42 Å². The van der Waals surface area contributed by atoms with E-state index in [1.807, 2.05) is 29.1 Å². The number of benzene rings is 1. The van der Waals surface area contributed by atoms with E-state index >= 15 is 0 Å². The summed E-state index contributed by atoms with van der Waals surface area (Å²) >= 11 is 0. The molecule has 0 aliphatic heterocycles. The largest absolute Gasteiger partial charge is 0.384 e. The first kappa shape index (κ1) is 13.4. The van der Waals surface area contributed by atoms with Crippen molar-refractivity contribution in [3.05, 3.63) is 72.9 Å². The highest BCUT2D eigenvalue weighted by atomic mass is 15.1. The number of anilines is 1. The van der Waals surface area contributed by atoms with E-state index in [-0.39, 0.29) is 0 Å². The van der Waals surface area contributed by atoms with Gasteiger partial charge in [-0.25, -0.2) is 9.97 Å². The molecule has 1 N–H and O–H groups in total. The van der Waals surface area contributed by atoms with Crippen LogP contribution in [-0.4, -0.2) is 21.1 Å². The normalized spacial score (nSPS) is 10.5. The van der Waals surface area contributed by atoms with Gasteiger partial charge in [-0.15, -0.1) is 0 Å². The van der Waals surface area contributed by atoms with Crippen molar-refractivity contribution in [2.45, 2.75) is 12.8 Å². The minimum atomic E-state index is 0.877. The molecule has 3 rings (SSSR count). The number of imidazole rings is 1. The summed E-state index contributed by atoms with van der Waals surface area (Å²) in [5, 5.41) is 3.40. The molecule has 0 unspecified atom stereocenters. The second-order valence-electron chi connectivity index (χ2n) is 4.89. The Morgan fingerprint density at radius 3 is 2.67 bits per heavy atom. The third kappa shape index (κ3) is 3.69. The summed E-state index contributed by atoms with van der Waals surface area (Å²) in [6, 6.07) is 14.6. The van der Waals surface area contributed by atoms with Crippen molar-refractivity contribution in [3.8, 4) is 5.82 Å². The van der Waals surface area contributed by atoms with Crippen LogP contribution < -0.4 is 5.32 Å². The topological polar surface area (TPSA) is 42.7 Å². The number of aromatic nitrogens is 3. The van der Waals surface area contributed by atoms with E-state index in [1.165, 1.54) is 5.56 Å². The quantitative estimate of drug-likeness (QED) is 0.703. The van der Waals surface area contributed by atoms with E-state index in [2.05, 4.69) is 45.6 Å². The summed E-state index contributed by atoms with van der Waals surface area (Å²) in [5.74, 6) is 0.877. The fourth-order valence-corrected chi connectivity index (χ4v) is 2.21. The van der Waals surface area contributed by atoms with Crippen molar-refractivity contribution in [2.24, 2.45) is 0 Å². The SMILES string of the molecule is c1ccc(CCCNc2ccc(-n3ccnc3)nc2)cc1. The van der Waals surface area contributed by atoms with Crippen molar-refractivity contribution in [3.63, 3.8) is 0 Å². The lowest BCUT2D eigenvalue weighted by atomic mass is 10.1. The van der Waals surface area contributed by atoms with Crippen LogP contribution in [0.2, 0.25) is 0 Å². The van der Waals surface area contributed by atoms with Gasteiger partial charge in [-0.1, -0.05) is 30.3 Å². The van der Waals surface area contributed by atoms with Gasteiger partial charge in [0, 0.05) is 18.9 Å². The zero-order valence-electron chi connectivity index (χ0n) is 11.8. The molecule has 2 heterocycles. The molecule has 0 aliphatic carbocycles. The summed E-state index contributed by atoms with van der Waals surface area (Å²) in [4.78, 5) is 8.44. The van der Waals surface area contributed by atoms with Crippen LogP contribution in [0, 0.1) is 0 Å². The molecule has 21 heavy (non-hydrogen) atoms. The number of nitrogens with one attached hydrogen (secondary N) is 1. The van der Waals surface area contributed by atoms with Crippen LogP contribution in [0.4, 0.5) is 5.69 Å². The average molecular weight is 278 g/mol. The molecule has 4 nitrogen and oxygen atoms in total. The second-order valence-corrected chi connectivity index (χ2v) is 4.89. The number of hydrogen-bond acceptors (Lipinski definition) is 3. The fourth-order valence-electron chi connectivity index (χ4n) is 2.21. The molecule has 0 saturated heterocycles. The number of rotatable bonds is 6. The molecule has 0 aliphatic rings. The van der Waals surface area contributed by atoms with Gasteiger partial charge >= 0.3 is 0 Å². The molecular formula is C17H18N4. The number of pyridine rings is 1. The van der Waals surface area contributed by atoms with E-state index in [1.54, 1.807) is 12.5 Å². The first-order chi connectivity index (χ1) is 10.4. The predicted molar refractivity (Wildman–Crippen MR) is 84.6 cm³/mol. The molecule has 0 radical (unpaired) electrons. The maximum absolute atomic E-state index is 4.42. The van der Waals surface area contributed by atoms with Crippen molar-refractivity contribution >= 4 is 5.69 Å². The molecule has 106 valence electrons. The van der Waals surface area contributed by atoms with Crippen LogP contribution in [0.15, 0.2) is 67.4 Å². The smallest absolute Gasteiger partial charge is 0.137 e. The lowest BCUT2D eigenvalue weighted by molar-refractivity contribution is 0.862. The minimum absolute atomic E-state index is 0.877. The van der Waals surface area contributed by atoms with Gasteiger partial charge in [0.1, 0.15) is 12.1 Å². The summed E-state index contributed by atoms with van der Waals surface area (Å²) in [7, 11) is 0. The van der Waals surface area contributed by atoms with E-state index in [9.17, 15) is 0 Å². The highest BCUT2D eigenvalue weighted by Gasteiger charge is 1.98. The Morgan fingerprint density at radius 1 is 1.05 bits per heavy atom. The van der Waals surface area contributed by atoms with Gasteiger partial charge in [0.05, 0.1) is 11.9 Å². The molecule has 0 amide bonds. The Kier molecular flexibility index (Phi) is 4.27.